The normalized spacial score (nSPS) is 12.0. The molecular formula is C26H31BrS. The highest BCUT2D eigenvalue weighted by Crippen LogP contribution is 2.34. The van der Waals surface area contributed by atoms with E-state index in [9.17, 15) is 0 Å². The molecule has 0 aliphatic carbocycles. The van der Waals surface area contributed by atoms with Crippen molar-refractivity contribution in [3.63, 3.8) is 0 Å². The third-order valence-corrected chi connectivity index (χ3v) is 7.12. The molecule has 3 aromatic rings. The van der Waals surface area contributed by atoms with Crippen LogP contribution in [0.25, 0.3) is 0 Å². The minimum absolute atomic E-state index is 0. The Morgan fingerprint density at radius 1 is 0.464 bits per heavy atom. The summed E-state index contributed by atoms with van der Waals surface area (Å²) >= 11 is 0. The molecule has 0 spiro atoms. The van der Waals surface area contributed by atoms with Crippen molar-refractivity contribution in [1.82, 2.24) is 0 Å². The van der Waals surface area contributed by atoms with Crippen LogP contribution in [0.5, 0.6) is 0 Å². The molecule has 0 nitrogen and oxygen atoms in total. The first-order chi connectivity index (χ1) is 12.7. The molecule has 28 heavy (non-hydrogen) atoms. The van der Waals surface area contributed by atoms with Crippen LogP contribution in [0.2, 0.25) is 0 Å². The third kappa shape index (κ3) is 5.30. The van der Waals surface area contributed by atoms with E-state index in [2.05, 4.69) is 120 Å². The van der Waals surface area contributed by atoms with E-state index in [1.54, 1.807) is 0 Å². The topological polar surface area (TPSA) is 0 Å². The predicted molar refractivity (Wildman–Crippen MR) is 119 cm³/mol. The van der Waals surface area contributed by atoms with Crippen LogP contribution < -0.4 is 17.0 Å². The lowest BCUT2D eigenvalue weighted by Gasteiger charge is -2.20. The van der Waals surface area contributed by atoms with Gasteiger partial charge in [-0.1, -0.05) is 84.0 Å². The maximum absolute atomic E-state index is 2.31. The SMILES string of the molecule is CC(C)(C)c1ccc([S+](c2ccccc2)c2ccc(C(C)(C)C)cc2)cc1.[Br-]. The van der Waals surface area contributed by atoms with Crippen LogP contribution in [-0.2, 0) is 21.7 Å². The molecule has 3 rings (SSSR count). The smallest absolute Gasteiger partial charge is 0.166 e. The molecule has 0 radical (unpaired) electrons. The third-order valence-electron chi connectivity index (χ3n) is 4.89. The summed E-state index contributed by atoms with van der Waals surface area (Å²) in [6.07, 6.45) is 0. The molecule has 0 fully saturated rings. The number of hydrogen-bond donors (Lipinski definition) is 0. The van der Waals surface area contributed by atoms with Gasteiger partial charge in [-0.15, -0.1) is 0 Å². The molecule has 0 atom stereocenters. The number of rotatable bonds is 3. The molecular weight excluding hydrogens is 424 g/mol. The van der Waals surface area contributed by atoms with Crippen LogP contribution in [-0.4, -0.2) is 0 Å². The van der Waals surface area contributed by atoms with Crippen molar-refractivity contribution in [3.8, 4) is 0 Å². The molecule has 2 heteroatoms. The number of benzene rings is 3. The first-order valence-corrected chi connectivity index (χ1v) is 10.9. The largest absolute Gasteiger partial charge is 1.00 e. The van der Waals surface area contributed by atoms with Crippen LogP contribution in [0.4, 0.5) is 0 Å². The van der Waals surface area contributed by atoms with Crippen LogP contribution in [0, 0.1) is 0 Å². The second kappa shape index (κ2) is 8.88. The van der Waals surface area contributed by atoms with Crippen molar-refractivity contribution in [2.24, 2.45) is 0 Å². The summed E-state index contributed by atoms with van der Waals surface area (Å²) in [6.45, 7) is 13.6. The lowest BCUT2D eigenvalue weighted by Crippen LogP contribution is -3.00. The first-order valence-electron chi connectivity index (χ1n) is 9.67. The van der Waals surface area contributed by atoms with E-state index in [-0.39, 0.29) is 38.7 Å². The van der Waals surface area contributed by atoms with Crippen LogP contribution >= 0.6 is 0 Å². The molecule has 0 heterocycles. The summed E-state index contributed by atoms with van der Waals surface area (Å²) in [5.74, 6) is 0. The Labute approximate surface area is 184 Å². The Hall–Kier alpha value is -1.51. The summed E-state index contributed by atoms with van der Waals surface area (Å²) in [6, 6.07) is 29.3. The summed E-state index contributed by atoms with van der Waals surface area (Å²) in [5.41, 5.74) is 3.12. The maximum Gasteiger partial charge on any atom is 0.166 e. The monoisotopic (exact) mass is 454 g/mol. The van der Waals surface area contributed by atoms with Gasteiger partial charge in [0.05, 0.1) is 10.9 Å². The van der Waals surface area contributed by atoms with Gasteiger partial charge in [-0.3, -0.25) is 0 Å². The molecule has 0 aliphatic heterocycles. The van der Waals surface area contributed by atoms with Gasteiger partial charge in [-0.05, 0) is 58.4 Å². The van der Waals surface area contributed by atoms with Crippen molar-refractivity contribution < 1.29 is 17.0 Å². The van der Waals surface area contributed by atoms with Crippen molar-refractivity contribution in [3.05, 3.63) is 90.0 Å². The summed E-state index contributed by atoms with van der Waals surface area (Å²) in [5, 5.41) is 0. The van der Waals surface area contributed by atoms with Gasteiger partial charge in [0.1, 0.15) is 0 Å². The fourth-order valence-corrected chi connectivity index (χ4v) is 5.21. The van der Waals surface area contributed by atoms with E-state index in [4.69, 9.17) is 0 Å². The minimum Gasteiger partial charge on any atom is -1.00 e. The van der Waals surface area contributed by atoms with Gasteiger partial charge in [0, 0.05) is 0 Å². The lowest BCUT2D eigenvalue weighted by molar-refractivity contribution is -0.00000636. The fourth-order valence-electron chi connectivity index (χ4n) is 3.15. The summed E-state index contributed by atoms with van der Waals surface area (Å²) in [7, 11) is -0.0847. The highest BCUT2D eigenvalue weighted by atomic mass is 79.9. The van der Waals surface area contributed by atoms with Crippen LogP contribution in [0.3, 0.4) is 0 Å². The zero-order chi connectivity index (χ0) is 19.7. The summed E-state index contributed by atoms with van der Waals surface area (Å²) < 4.78 is 0. The minimum atomic E-state index is -0.0847. The van der Waals surface area contributed by atoms with Gasteiger partial charge in [0.2, 0.25) is 0 Å². The van der Waals surface area contributed by atoms with E-state index in [1.165, 1.54) is 25.8 Å². The van der Waals surface area contributed by atoms with Crippen molar-refractivity contribution in [1.29, 1.82) is 0 Å². The Morgan fingerprint density at radius 2 is 0.786 bits per heavy atom. The molecule has 0 saturated carbocycles. The Kier molecular flexibility index (Phi) is 7.22. The molecule has 0 amide bonds. The van der Waals surface area contributed by atoms with E-state index in [0.717, 1.165) is 0 Å². The Balaban J connectivity index is 0.00000280. The summed E-state index contributed by atoms with van der Waals surface area (Å²) in [4.78, 5) is 4.11. The Morgan fingerprint density at radius 3 is 1.11 bits per heavy atom. The van der Waals surface area contributed by atoms with E-state index in [0.29, 0.717) is 0 Å². The van der Waals surface area contributed by atoms with Gasteiger partial charge in [-0.2, -0.15) is 0 Å². The maximum atomic E-state index is 2.31. The van der Waals surface area contributed by atoms with Crippen LogP contribution in [0.15, 0.2) is 93.5 Å². The predicted octanol–water partition coefficient (Wildman–Crippen LogP) is 4.38. The Bertz CT molecular complexity index is 809. The van der Waals surface area contributed by atoms with Gasteiger partial charge < -0.3 is 17.0 Å². The van der Waals surface area contributed by atoms with Crippen molar-refractivity contribution >= 4 is 10.9 Å². The first kappa shape index (κ1) is 22.8. The lowest BCUT2D eigenvalue weighted by atomic mass is 9.87. The average Bonchev–Trinajstić information content (AvgIpc) is 2.62. The molecule has 148 valence electrons. The van der Waals surface area contributed by atoms with E-state index in [1.807, 2.05) is 0 Å². The highest BCUT2D eigenvalue weighted by molar-refractivity contribution is 7.97. The average molecular weight is 456 g/mol. The molecule has 0 bridgehead atoms. The molecule has 0 saturated heterocycles. The number of halogens is 1. The highest BCUT2D eigenvalue weighted by Gasteiger charge is 2.29. The van der Waals surface area contributed by atoms with Gasteiger partial charge >= 0.3 is 0 Å². The molecule has 0 aromatic heterocycles. The standard InChI is InChI=1S/C26H31S.BrH/c1-25(2,3)20-12-16-23(17-13-20)27(22-10-8-7-9-11-22)24-18-14-21(15-19-24)26(4,5)6;/h7-19H,1-6H3;1H/q+1;/p-1. The van der Waals surface area contributed by atoms with E-state index >= 15 is 0 Å². The fraction of sp³-hybridized carbons (Fsp3) is 0.308. The number of hydrogen-bond acceptors (Lipinski definition) is 0. The second-order valence-electron chi connectivity index (χ2n) is 9.17. The van der Waals surface area contributed by atoms with E-state index < -0.39 is 0 Å². The van der Waals surface area contributed by atoms with Crippen molar-refractivity contribution in [2.45, 2.75) is 67.1 Å². The molecule has 0 unspecified atom stereocenters. The van der Waals surface area contributed by atoms with Gasteiger partial charge in [0.15, 0.2) is 14.7 Å². The zero-order valence-corrected chi connectivity index (χ0v) is 20.2. The van der Waals surface area contributed by atoms with Crippen LogP contribution in [0.1, 0.15) is 52.7 Å². The second-order valence-corrected chi connectivity index (χ2v) is 11.2. The molecule has 0 N–H and O–H groups in total. The zero-order valence-electron chi connectivity index (χ0n) is 17.8. The van der Waals surface area contributed by atoms with Gasteiger partial charge in [-0.25, -0.2) is 0 Å². The molecule has 3 aromatic carbocycles. The molecule has 0 aliphatic rings. The van der Waals surface area contributed by atoms with Crippen molar-refractivity contribution in [2.75, 3.05) is 0 Å². The quantitative estimate of drug-likeness (QED) is 0.515. The van der Waals surface area contributed by atoms with Gasteiger partial charge in [0.25, 0.3) is 0 Å².